The molecule has 2 aromatic rings. The number of thiophene rings is 2. The van der Waals surface area contributed by atoms with E-state index in [2.05, 4.69) is 5.43 Å². The topological polar surface area (TPSA) is 88.1 Å². The number of aliphatic hydroxyl groups is 1. The second-order valence-electron chi connectivity index (χ2n) is 8.65. The quantitative estimate of drug-likeness (QED) is 0.470. The average molecular weight is 477 g/mol. The van der Waals surface area contributed by atoms with Gasteiger partial charge in [0.2, 0.25) is 5.60 Å². The minimum absolute atomic E-state index is 0.118. The molecule has 6 heterocycles. The van der Waals surface area contributed by atoms with Gasteiger partial charge < -0.3 is 19.2 Å². The zero-order valence-corrected chi connectivity index (χ0v) is 19.1. The largest absolute Gasteiger partial charge is 0.453 e. The molecule has 2 bridgehead atoms. The summed E-state index contributed by atoms with van der Waals surface area (Å²) in [7, 11) is 0. The van der Waals surface area contributed by atoms with Crippen molar-refractivity contribution in [2.45, 2.75) is 24.5 Å². The summed E-state index contributed by atoms with van der Waals surface area (Å²) in [5, 5.41) is 16.6. The second-order valence-corrected chi connectivity index (χ2v) is 10.5. The summed E-state index contributed by atoms with van der Waals surface area (Å²) >= 11 is 2.67. The maximum absolute atomic E-state index is 13.4. The van der Waals surface area contributed by atoms with Crippen LogP contribution in [0.1, 0.15) is 22.6 Å². The van der Waals surface area contributed by atoms with Gasteiger partial charge in [0.05, 0.1) is 29.4 Å². The number of ether oxygens (including phenoxy) is 1. The van der Waals surface area contributed by atoms with Gasteiger partial charge in [-0.25, -0.2) is 4.79 Å². The molecule has 2 aromatic heterocycles. The van der Waals surface area contributed by atoms with E-state index >= 15 is 0 Å². The number of quaternary nitrogens is 1. The van der Waals surface area contributed by atoms with Gasteiger partial charge in [-0.1, -0.05) is 12.1 Å². The molecule has 0 aromatic carbocycles. The summed E-state index contributed by atoms with van der Waals surface area (Å²) in [5.74, 6) is -0.503. The fourth-order valence-electron chi connectivity index (χ4n) is 4.94. The first-order valence-electron chi connectivity index (χ1n) is 10.7. The van der Waals surface area contributed by atoms with Crippen LogP contribution in [0.5, 0.6) is 0 Å². The summed E-state index contributed by atoms with van der Waals surface area (Å²) in [4.78, 5) is 32.3. The number of hydrazine groups is 1. The number of carbonyl (C=O) groups excluding carboxylic acids is 2. The molecule has 1 amide bonds. The monoisotopic (exact) mass is 476 g/mol. The Labute approximate surface area is 194 Å². The van der Waals surface area contributed by atoms with Gasteiger partial charge in [0.15, 0.2) is 12.6 Å². The van der Waals surface area contributed by atoms with E-state index < -0.39 is 11.6 Å². The van der Waals surface area contributed by atoms with Crippen LogP contribution in [0.2, 0.25) is 0 Å². The molecule has 8 nitrogen and oxygen atoms in total. The second kappa shape index (κ2) is 8.60. The van der Waals surface area contributed by atoms with Crippen molar-refractivity contribution in [3.63, 3.8) is 0 Å². The molecule has 4 aliphatic rings. The van der Waals surface area contributed by atoms with Crippen LogP contribution in [0.15, 0.2) is 47.4 Å². The van der Waals surface area contributed by atoms with Crippen molar-refractivity contribution in [1.29, 1.82) is 0 Å². The van der Waals surface area contributed by atoms with E-state index in [9.17, 15) is 14.7 Å². The number of esters is 1. The number of fused-ring (bicyclic) bond motifs is 3. The van der Waals surface area contributed by atoms with Crippen LogP contribution in [0.3, 0.4) is 0 Å². The molecular weight excluding hydrogens is 450 g/mol. The molecular formula is C22H26N3O5S2+. The molecule has 0 spiro atoms. The number of carbonyl (C=O) groups is 2. The summed E-state index contributed by atoms with van der Waals surface area (Å²) in [5.41, 5.74) is 0.960. The number of hydrogen-bond acceptors (Lipinski definition) is 8. The van der Waals surface area contributed by atoms with E-state index in [0.29, 0.717) is 33.9 Å². The van der Waals surface area contributed by atoms with E-state index in [-0.39, 0.29) is 17.9 Å². The van der Waals surface area contributed by atoms with Crippen LogP contribution >= 0.6 is 22.7 Å². The predicted octanol–water partition coefficient (Wildman–Crippen LogP) is 1.99. The molecule has 3 fully saturated rings. The van der Waals surface area contributed by atoms with Gasteiger partial charge in [-0.3, -0.25) is 10.2 Å². The first-order valence-corrected chi connectivity index (χ1v) is 12.5. The lowest BCUT2D eigenvalue weighted by atomic mass is 9.83. The van der Waals surface area contributed by atoms with E-state index in [1.807, 2.05) is 29.0 Å². The van der Waals surface area contributed by atoms with Crippen LogP contribution in [-0.4, -0.2) is 65.5 Å². The van der Waals surface area contributed by atoms with Gasteiger partial charge in [0, 0.05) is 18.8 Å². The fourth-order valence-corrected chi connectivity index (χ4v) is 6.65. The van der Waals surface area contributed by atoms with Crippen LogP contribution in [0.25, 0.3) is 0 Å². The molecule has 3 saturated heterocycles. The van der Waals surface area contributed by atoms with Gasteiger partial charge in [-0.05, 0) is 34.1 Å². The minimum atomic E-state index is -1.81. The molecule has 0 aliphatic carbocycles. The van der Waals surface area contributed by atoms with Crippen LogP contribution in [0, 0.1) is 5.92 Å². The van der Waals surface area contributed by atoms with Crippen molar-refractivity contribution in [1.82, 2.24) is 10.6 Å². The number of nitrogens with zero attached hydrogens (tertiary/aromatic N) is 2. The molecule has 10 heteroatoms. The Morgan fingerprint density at radius 3 is 2.47 bits per heavy atom. The zero-order valence-electron chi connectivity index (χ0n) is 17.5. The lowest BCUT2D eigenvalue weighted by Gasteiger charge is -2.51. The van der Waals surface area contributed by atoms with Gasteiger partial charge >= 0.3 is 5.97 Å². The fraction of sp³-hybridized carbons (Fsp3) is 0.455. The Hall–Kier alpha value is -2.24. The highest BCUT2D eigenvalue weighted by Gasteiger charge is 2.51. The third-order valence-corrected chi connectivity index (χ3v) is 8.59. The van der Waals surface area contributed by atoms with Gasteiger partial charge in [0.25, 0.3) is 5.91 Å². The number of hydrogen-bond donors (Lipinski definition) is 2. The predicted molar refractivity (Wildman–Crippen MR) is 119 cm³/mol. The van der Waals surface area contributed by atoms with Gasteiger partial charge in [0.1, 0.15) is 12.8 Å². The highest BCUT2D eigenvalue weighted by Crippen LogP contribution is 2.40. The van der Waals surface area contributed by atoms with Crippen molar-refractivity contribution in [3.8, 4) is 0 Å². The number of nitrogens with one attached hydrogen (secondary N) is 1. The lowest BCUT2D eigenvalue weighted by Crippen LogP contribution is -2.67. The van der Waals surface area contributed by atoms with E-state index in [0.717, 1.165) is 25.9 Å². The van der Waals surface area contributed by atoms with E-state index in [1.165, 1.54) is 34.1 Å². The maximum atomic E-state index is 13.4. The first-order chi connectivity index (χ1) is 15.5. The lowest BCUT2D eigenvalue weighted by molar-refractivity contribution is -0.939. The molecule has 1 atom stereocenters. The minimum Gasteiger partial charge on any atom is -0.453 e. The van der Waals surface area contributed by atoms with E-state index in [4.69, 9.17) is 9.57 Å². The van der Waals surface area contributed by atoms with Crippen molar-refractivity contribution in [2.75, 3.05) is 32.7 Å². The number of rotatable bonds is 7. The number of piperidine rings is 3. The number of hydroxylamine groups is 1. The van der Waals surface area contributed by atoms with Crippen molar-refractivity contribution >= 4 is 34.6 Å². The Morgan fingerprint density at radius 2 is 1.91 bits per heavy atom. The molecule has 0 radical (unpaired) electrons. The first kappa shape index (κ1) is 21.6. The highest BCUT2D eigenvalue weighted by atomic mass is 32.1. The van der Waals surface area contributed by atoms with Crippen molar-refractivity contribution in [3.05, 3.63) is 57.1 Å². The Balaban J connectivity index is 1.30. The SMILES string of the molecule is O=C(C[N+]12CCC(CC1)[C@@H](OC(=O)C(O)(c1cccs1)c1cccs1)C2)NN1CC=CO1. The van der Waals surface area contributed by atoms with Crippen LogP contribution in [-0.2, 0) is 24.8 Å². The zero-order chi connectivity index (χ0) is 22.2. The summed E-state index contributed by atoms with van der Waals surface area (Å²) in [6.07, 6.45) is 4.81. The Kier molecular flexibility index (Phi) is 5.81. The van der Waals surface area contributed by atoms with Crippen molar-refractivity contribution < 1.29 is 28.8 Å². The molecule has 0 saturated carbocycles. The standard InChI is InChI=1S/C22H25N3O5S2/c26-20(23-24-8-3-11-29-24)15-25-9-6-16(7-10-25)17(14-25)30-21(27)22(28,18-4-1-12-31-18)19-5-2-13-32-19/h1-5,11-13,16-17,28H,6-10,14-15H2/p+1/t16?,17-,25?/m0/s1. The van der Waals surface area contributed by atoms with Gasteiger partial charge in [-0.15, -0.1) is 22.7 Å². The maximum Gasteiger partial charge on any atom is 0.349 e. The van der Waals surface area contributed by atoms with Crippen molar-refractivity contribution in [2.24, 2.45) is 5.92 Å². The smallest absolute Gasteiger partial charge is 0.349 e. The Morgan fingerprint density at radius 1 is 1.22 bits per heavy atom. The average Bonchev–Trinajstić information content (AvgIpc) is 3.57. The summed E-state index contributed by atoms with van der Waals surface area (Å²) in [6.45, 7) is 3.16. The normalized spacial score (nSPS) is 27.3. The third-order valence-electron chi connectivity index (χ3n) is 6.63. The Bertz CT molecular complexity index is 941. The van der Waals surface area contributed by atoms with Gasteiger partial charge in [-0.2, -0.15) is 0 Å². The summed E-state index contributed by atoms with van der Waals surface area (Å²) < 4.78 is 6.59. The molecule has 2 N–H and O–H groups in total. The summed E-state index contributed by atoms with van der Waals surface area (Å²) in [6, 6.07) is 7.16. The molecule has 0 unspecified atom stereocenters. The molecule has 4 aliphatic heterocycles. The molecule has 32 heavy (non-hydrogen) atoms. The van der Waals surface area contributed by atoms with E-state index in [1.54, 1.807) is 12.1 Å². The molecule has 170 valence electrons. The van der Waals surface area contributed by atoms with Crippen LogP contribution in [0.4, 0.5) is 0 Å². The third kappa shape index (κ3) is 3.97. The number of amides is 1. The van der Waals surface area contributed by atoms with Crippen LogP contribution < -0.4 is 5.43 Å². The highest BCUT2D eigenvalue weighted by molar-refractivity contribution is 7.12. The molecule has 6 rings (SSSR count).